The summed E-state index contributed by atoms with van der Waals surface area (Å²) >= 11 is 9.70. The molecule has 0 unspecified atom stereocenters. The zero-order chi connectivity index (χ0) is 14.0. The largest absolute Gasteiger partial charge is 0.370 e. The molecule has 0 radical (unpaired) electrons. The molecule has 0 aliphatic heterocycles. The minimum absolute atomic E-state index is 0.797. The number of nitrogens with zero attached hydrogens (tertiary/aromatic N) is 1. The SMILES string of the molecule is Cc1cc(C)cc(N(C)Cc2ccc(Br)cc2Cl)c1. The summed E-state index contributed by atoms with van der Waals surface area (Å²) in [6.45, 7) is 5.04. The molecule has 100 valence electrons. The molecular formula is C16H17BrClN. The van der Waals surface area contributed by atoms with E-state index in [4.69, 9.17) is 11.6 Å². The predicted octanol–water partition coefficient (Wildman–Crippen LogP) is 5.36. The molecule has 0 fully saturated rings. The summed E-state index contributed by atoms with van der Waals surface area (Å²) in [5, 5.41) is 0.797. The van der Waals surface area contributed by atoms with Crippen molar-refractivity contribution in [1.82, 2.24) is 0 Å². The van der Waals surface area contributed by atoms with Crippen molar-refractivity contribution in [2.45, 2.75) is 20.4 Å². The molecule has 0 aliphatic rings. The molecule has 0 N–H and O–H groups in total. The first-order valence-electron chi connectivity index (χ1n) is 6.19. The minimum Gasteiger partial charge on any atom is -0.370 e. The van der Waals surface area contributed by atoms with Crippen molar-refractivity contribution >= 4 is 33.2 Å². The highest BCUT2D eigenvalue weighted by molar-refractivity contribution is 9.10. The molecule has 0 atom stereocenters. The molecule has 0 saturated carbocycles. The first-order valence-corrected chi connectivity index (χ1v) is 7.36. The first-order chi connectivity index (χ1) is 8.95. The topological polar surface area (TPSA) is 3.24 Å². The third kappa shape index (κ3) is 3.74. The Hall–Kier alpha value is -0.990. The van der Waals surface area contributed by atoms with E-state index in [0.29, 0.717) is 0 Å². The number of benzene rings is 2. The maximum atomic E-state index is 6.27. The van der Waals surface area contributed by atoms with Crippen LogP contribution in [0.4, 0.5) is 5.69 Å². The van der Waals surface area contributed by atoms with Crippen molar-refractivity contribution in [3.8, 4) is 0 Å². The fraction of sp³-hybridized carbons (Fsp3) is 0.250. The monoisotopic (exact) mass is 337 g/mol. The molecule has 2 aromatic rings. The van der Waals surface area contributed by atoms with Crippen molar-refractivity contribution in [2.24, 2.45) is 0 Å². The molecule has 0 heterocycles. The second-order valence-corrected chi connectivity index (χ2v) is 6.26. The predicted molar refractivity (Wildman–Crippen MR) is 87.2 cm³/mol. The van der Waals surface area contributed by atoms with E-state index in [-0.39, 0.29) is 0 Å². The number of halogens is 2. The molecule has 0 aromatic heterocycles. The van der Waals surface area contributed by atoms with Crippen LogP contribution in [0.2, 0.25) is 5.02 Å². The molecule has 3 heteroatoms. The molecular weight excluding hydrogens is 322 g/mol. The Labute approximate surface area is 128 Å². The molecule has 2 aromatic carbocycles. The van der Waals surface area contributed by atoms with E-state index >= 15 is 0 Å². The molecule has 0 amide bonds. The zero-order valence-corrected chi connectivity index (χ0v) is 13.7. The Balaban J connectivity index is 2.22. The van der Waals surface area contributed by atoms with E-state index in [1.807, 2.05) is 12.1 Å². The summed E-state index contributed by atoms with van der Waals surface area (Å²) in [7, 11) is 2.09. The minimum atomic E-state index is 0.797. The lowest BCUT2D eigenvalue weighted by molar-refractivity contribution is 0.920. The van der Waals surface area contributed by atoms with Crippen LogP contribution >= 0.6 is 27.5 Å². The molecule has 0 spiro atoms. The highest BCUT2D eigenvalue weighted by Crippen LogP contribution is 2.25. The Morgan fingerprint density at radius 1 is 1.05 bits per heavy atom. The third-order valence-electron chi connectivity index (χ3n) is 3.07. The van der Waals surface area contributed by atoms with Gasteiger partial charge in [0.1, 0.15) is 0 Å². The highest BCUT2D eigenvalue weighted by Gasteiger charge is 2.07. The number of aryl methyl sites for hydroxylation is 2. The van der Waals surface area contributed by atoms with Crippen LogP contribution in [0.3, 0.4) is 0 Å². The van der Waals surface area contributed by atoms with Crippen molar-refractivity contribution in [3.63, 3.8) is 0 Å². The fourth-order valence-corrected chi connectivity index (χ4v) is 2.90. The van der Waals surface area contributed by atoms with Gasteiger partial charge >= 0.3 is 0 Å². The lowest BCUT2D eigenvalue weighted by Gasteiger charge is -2.21. The zero-order valence-electron chi connectivity index (χ0n) is 11.4. The van der Waals surface area contributed by atoms with Crippen molar-refractivity contribution in [3.05, 3.63) is 62.6 Å². The summed E-state index contributed by atoms with van der Waals surface area (Å²) in [5.41, 5.74) is 4.91. The van der Waals surface area contributed by atoms with Crippen LogP contribution in [0.5, 0.6) is 0 Å². The van der Waals surface area contributed by atoms with Gasteiger partial charge in [0.25, 0.3) is 0 Å². The highest BCUT2D eigenvalue weighted by atomic mass is 79.9. The van der Waals surface area contributed by atoms with Crippen LogP contribution in [0.1, 0.15) is 16.7 Å². The second-order valence-electron chi connectivity index (χ2n) is 4.94. The van der Waals surface area contributed by atoms with E-state index in [2.05, 4.69) is 66.0 Å². The van der Waals surface area contributed by atoms with Gasteiger partial charge in [-0.25, -0.2) is 0 Å². The standard InChI is InChI=1S/C16H17BrClN/c1-11-6-12(2)8-15(7-11)19(3)10-13-4-5-14(17)9-16(13)18/h4-9H,10H2,1-3H3. The average molecular weight is 339 g/mol. The van der Waals surface area contributed by atoms with E-state index < -0.39 is 0 Å². The van der Waals surface area contributed by atoms with Gasteiger partial charge in [-0.15, -0.1) is 0 Å². The van der Waals surface area contributed by atoms with E-state index in [9.17, 15) is 0 Å². The lowest BCUT2D eigenvalue weighted by atomic mass is 10.1. The molecule has 1 nitrogen and oxygen atoms in total. The summed E-state index contributed by atoms with van der Waals surface area (Å²) in [6, 6.07) is 12.6. The molecule has 2 rings (SSSR count). The normalized spacial score (nSPS) is 10.6. The fourth-order valence-electron chi connectivity index (χ4n) is 2.17. The van der Waals surface area contributed by atoms with Crippen LogP contribution in [0.15, 0.2) is 40.9 Å². The lowest BCUT2D eigenvalue weighted by Crippen LogP contribution is -2.16. The van der Waals surface area contributed by atoms with Crippen LogP contribution in [0.25, 0.3) is 0 Å². The summed E-state index contributed by atoms with van der Waals surface area (Å²) in [6.07, 6.45) is 0. The number of hydrogen-bond donors (Lipinski definition) is 0. The maximum Gasteiger partial charge on any atom is 0.0467 e. The van der Waals surface area contributed by atoms with Gasteiger partial charge in [-0.05, 0) is 54.8 Å². The van der Waals surface area contributed by atoms with Crippen molar-refractivity contribution in [2.75, 3.05) is 11.9 Å². The van der Waals surface area contributed by atoms with Crippen molar-refractivity contribution < 1.29 is 0 Å². The van der Waals surface area contributed by atoms with E-state index in [1.165, 1.54) is 16.8 Å². The van der Waals surface area contributed by atoms with Gasteiger partial charge in [0, 0.05) is 28.8 Å². The quantitative estimate of drug-likeness (QED) is 0.728. The van der Waals surface area contributed by atoms with Gasteiger partial charge in [0.2, 0.25) is 0 Å². The molecule has 0 bridgehead atoms. The number of anilines is 1. The molecule has 0 saturated heterocycles. The summed E-state index contributed by atoms with van der Waals surface area (Å²) < 4.78 is 1.01. The van der Waals surface area contributed by atoms with Gasteiger partial charge in [0.05, 0.1) is 0 Å². The Kier molecular flexibility index (Phi) is 4.54. The van der Waals surface area contributed by atoms with Crippen LogP contribution in [-0.4, -0.2) is 7.05 Å². The smallest absolute Gasteiger partial charge is 0.0467 e. The van der Waals surface area contributed by atoms with Crippen molar-refractivity contribution in [1.29, 1.82) is 0 Å². The van der Waals surface area contributed by atoms with Gasteiger partial charge in [-0.1, -0.05) is 39.7 Å². The average Bonchev–Trinajstić information content (AvgIpc) is 2.31. The van der Waals surface area contributed by atoms with Crippen LogP contribution < -0.4 is 4.90 Å². The second kappa shape index (κ2) is 5.98. The van der Waals surface area contributed by atoms with Gasteiger partial charge in [-0.2, -0.15) is 0 Å². The van der Waals surface area contributed by atoms with Gasteiger partial charge in [-0.3, -0.25) is 0 Å². The van der Waals surface area contributed by atoms with E-state index in [1.54, 1.807) is 0 Å². The number of rotatable bonds is 3. The van der Waals surface area contributed by atoms with Gasteiger partial charge in [0.15, 0.2) is 0 Å². The van der Waals surface area contributed by atoms with Crippen LogP contribution in [0, 0.1) is 13.8 Å². The molecule has 19 heavy (non-hydrogen) atoms. The van der Waals surface area contributed by atoms with E-state index in [0.717, 1.165) is 21.6 Å². The Morgan fingerprint density at radius 3 is 2.26 bits per heavy atom. The number of hydrogen-bond acceptors (Lipinski definition) is 1. The van der Waals surface area contributed by atoms with Gasteiger partial charge < -0.3 is 4.90 Å². The Morgan fingerprint density at radius 2 is 1.68 bits per heavy atom. The third-order valence-corrected chi connectivity index (χ3v) is 3.91. The van der Waals surface area contributed by atoms with Crippen LogP contribution in [-0.2, 0) is 6.54 Å². The summed E-state index contributed by atoms with van der Waals surface area (Å²) in [5.74, 6) is 0. The summed E-state index contributed by atoms with van der Waals surface area (Å²) in [4.78, 5) is 2.22. The maximum absolute atomic E-state index is 6.27. The molecule has 0 aliphatic carbocycles. The first kappa shape index (κ1) is 14.4. The Bertz CT molecular complexity index is 575.